The quantitative estimate of drug-likeness (QED) is 0.864. The first kappa shape index (κ1) is 11.1. The molecule has 2 fully saturated rings. The molecule has 1 saturated heterocycles. The molecule has 1 aliphatic heterocycles. The van der Waals surface area contributed by atoms with Gasteiger partial charge in [-0.2, -0.15) is 0 Å². The van der Waals surface area contributed by atoms with Crippen LogP contribution >= 0.6 is 0 Å². The minimum absolute atomic E-state index is 0.0885. The Labute approximate surface area is 104 Å². The van der Waals surface area contributed by atoms with Crippen molar-refractivity contribution in [2.45, 2.75) is 32.1 Å². The van der Waals surface area contributed by atoms with Crippen molar-refractivity contribution in [3.8, 4) is 0 Å². The Balaban J connectivity index is 1.72. The number of nitrogens with two attached hydrogens (primary N) is 1. The van der Waals surface area contributed by atoms with Gasteiger partial charge in [0.1, 0.15) is 0 Å². The van der Waals surface area contributed by atoms with E-state index in [0.717, 1.165) is 5.41 Å². The van der Waals surface area contributed by atoms with Crippen molar-refractivity contribution in [2.24, 2.45) is 11.1 Å². The van der Waals surface area contributed by atoms with E-state index in [1.807, 2.05) is 0 Å². The molecule has 17 heavy (non-hydrogen) atoms. The average molecular weight is 230 g/mol. The Kier molecular flexibility index (Phi) is 2.27. The van der Waals surface area contributed by atoms with Crippen LogP contribution in [0.4, 0.5) is 5.69 Å². The Bertz CT molecular complexity index is 407. The molecule has 1 spiro atoms. The number of hydrogen-bond acceptors (Lipinski definition) is 2. The van der Waals surface area contributed by atoms with Gasteiger partial charge in [-0.1, -0.05) is 26.0 Å². The van der Waals surface area contributed by atoms with E-state index in [2.05, 4.69) is 43.0 Å². The minimum Gasteiger partial charge on any atom is -0.370 e. The van der Waals surface area contributed by atoms with E-state index in [9.17, 15) is 0 Å². The maximum Gasteiger partial charge on any atom is 0.0366 e. The molecule has 1 heterocycles. The van der Waals surface area contributed by atoms with Crippen LogP contribution in [0.3, 0.4) is 0 Å². The van der Waals surface area contributed by atoms with Gasteiger partial charge in [-0.25, -0.2) is 0 Å². The monoisotopic (exact) mass is 230 g/mol. The number of anilines is 1. The Morgan fingerprint density at radius 2 is 1.76 bits per heavy atom. The predicted molar refractivity (Wildman–Crippen MR) is 72.4 cm³/mol. The van der Waals surface area contributed by atoms with Crippen molar-refractivity contribution in [3.63, 3.8) is 0 Å². The molecule has 3 rings (SSSR count). The molecule has 92 valence electrons. The first-order valence-corrected chi connectivity index (χ1v) is 6.60. The van der Waals surface area contributed by atoms with Gasteiger partial charge >= 0.3 is 0 Å². The third-order valence-electron chi connectivity index (χ3n) is 4.53. The second-order valence-corrected chi connectivity index (χ2v) is 6.49. The highest BCUT2D eigenvalue weighted by Gasteiger charge is 2.52. The fraction of sp³-hybridized carbons (Fsp3) is 0.600. The third kappa shape index (κ3) is 1.85. The van der Waals surface area contributed by atoms with Gasteiger partial charge in [0, 0.05) is 36.2 Å². The van der Waals surface area contributed by atoms with Gasteiger partial charge in [-0.3, -0.25) is 0 Å². The van der Waals surface area contributed by atoms with Gasteiger partial charge in [0.05, 0.1) is 0 Å². The largest absolute Gasteiger partial charge is 0.370 e. The van der Waals surface area contributed by atoms with Crippen molar-refractivity contribution >= 4 is 5.69 Å². The van der Waals surface area contributed by atoms with Crippen molar-refractivity contribution in [1.29, 1.82) is 0 Å². The molecule has 0 radical (unpaired) electrons. The zero-order valence-electron chi connectivity index (χ0n) is 10.9. The summed E-state index contributed by atoms with van der Waals surface area (Å²) in [5.41, 5.74) is 9.34. The van der Waals surface area contributed by atoms with Crippen LogP contribution in [-0.2, 0) is 5.41 Å². The summed E-state index contributed by atoms with van der Waals surface area (Å²) in [4.78, 5) is 2.49. The van der Waals surface area contributed by atoms with Crippen LogP contribution in [-0.4, -0.2) is 19.6 Å². The zero-order chi connectivity index (χ0) is 12.1. The van der Waals surface area contributed by atoms with Crippen LogP contribution in [0.2, 0.25) is 0 Å². The molecule has 1 aromatic carbocycles. The molecule has 0 bridgehead atoms. The second kappa shape index (κ2) is 3.49. The number of rotatable bonds is 3. The molecular weight excluding hydrogens is 208 g/mol. The molecule has 2 heteroatoms. The summed E-state index contributed by atoms with van der Waals surface area (Å²) in [7, 11) is 0. The highest BCUT2D eigenvalue weighted by molar-refractivity contribution is 5.52. The van der Waals surface area contributed by atoms with E-state index in [1.54, 1.807) is 0 Å². The molecule has 1 aromatic rings. The average Bonchev–Trinajstić information content (AvgIpc) is 3.07. The molecule has 0 amide bonds. The van der Waals surface area contributed by atoms with Gasteiger partial charge < -0.3 is 10.6 Å². The zero-order valence-corrected chi connectivity index (χ0v) is 10.9. The van der Waals surface area contributed by atoms with Gasteiger partial charge in [0.25, 0.3) is 0 Å². The van der Waals surface area contributed by atoms with Crippen LogP contribution in [0.15, 0.2) is 24.3 Å². The predicted octanol–water partition coefficient (Wildman–Crippen LogP) is 2.52. The third-order valence-corrected chi connectivity index (χ3v) is 4.53. The molecule has 2 N–H and O–H groups in total. The van der Waals surface area contributed by atoms with Crippen molar-refractivity contribution < 1.29 is 0 Å². The minimum atomic E-state index is 0.0885. The molecular formula is C15H22N2. The van der Waals surface area contributed by atoms with Gasteiger partial charge in [0.2, 0.25) is 0 Å². The maximum absolute atomic E-state index is 5.81. The molecule has 0 atom stereocenters. The van der Waals surface area contributed by atoms with E-state index in [-0.39, 0.29) is 5.41 Å². The van der Waals surface area contributed by atoms with E-state index in [0.29, 0.717) is 6.54 Å². The Hall–Kier alpha value is -1.02. The van der Waals surface area contributed by atoms with Crippen molar-refractivity contribution in [1.82, 2.24) is 0 Å². The Morgan fingerprint density at radius 1 is 1.18 bits per heavy atom. The summed E-state index contributed by atoms with van der Waals surface area (Å²) in [5.74, 6) is 0. The van der Waals surface area contributed by atoms with Gasteiger partial charge in [0.15, 0.2) is 0 Å². The Morgan fingerprint density at radius 3 is 2.24 bits per heavy atom. The van der Waals surface area contributed by atoms with E-state index >= 15 is 0 Å². The molecule has 2 aliphatic rings. The smallest absolute Gasteiger partial charge is 0.0366 e. The maximum atomic E-state index is 5.81. The molecule has 1 aliphatic carbocycles. The topological polar surface area (TPSA) is 29.3 Å². The number of benzene rings is 1. The molecule has 2 nitrogen and oxygen atoms in total. The van der Waals surface area contributed by atoms with Crippen LogP contribution in [0.1, 0.15) is 32.3 Å². The first-order valence-electron chi connectivity index (χ1n) is 6.60. The summed E-state index contributed by atoms with van der Waals surface area (Å²) >= 11 is 0. The standard InChI is InChI=1S/C15H22N2/c1-14(2,9-16)12-3-5-13(6-4-12)17-10-15(11-17)7-8-15/h3-6H,7-11,16H2,1-2H3. The summed E-state index contributed by atoms with van der Waals surface area (Å²) in [6.45, 7) is 7.63. The lowest BCUT2D eigenvalue weighted by atomic mass is 9.84. The molecule has 1 saturated carbocycles. The molecule has 0 unspecified atom stereocenters. The molecule has 0 aromatic heterocycles. The van der Waals surface area contributed by atoms with Gasteiger partial charge in [-0.05, 0) is 30.5 Å². The summed E-state index contributed by atoms with van der Waals surface area (Å²) in [6, 6.07) is 8.98. The normalized spacial score (nSPS) is 21.5. The highest BCUT2D eigenvalue weighted by Crippen LogP contribution is 2.53. The lowest BCUT2D eigenvalue weighted by Gasteiger charge is -2.42. The SMILES string of the molecule is CC(C)(CN)c1ccc(N2CC3(CC3)C2)cc1. The van der Waals surface area contributed by atoms with Crippen LogP contribution in [0.25, 0.3) is 0 Å². The lowest BCUT2D eigenvalue weighted by Crippen LogP contribution is -2.48. The fourth-order valence-corrected chi connectivity index (χ4v) is 2.68. The summed E-state index contributed by atoms with van der Waals surface area (Å²) in [5, 5.41) is 0. The van der Waals surface area contributed by atoms with Crippen LogP contribution < -0.4 is 10.6 Å². The van der Waals surface area contributed by atoms with Crippen molar-refractivity contribution in [3.05, 3.63) is 29.8 Å². The first-order chi connectivity index (χ1) is 8.05. The summed E-state index contributed by atoms with van der Waals surface area (Å²) < 4.78 is 0. The fourth-order valence-electron chi connectivity index (χ4n) is 2.68. The second-order valence-electron chi connectivity index (χ2n) is 6.49. The van der Waals surface area contributed by atoms with Crippen LogP contribution in [0, 0.1) is 5.41 Å². The van der Waals surface area contributed by atoms with Crippen LogP contribution in [0.5, 0.6) is 0 Å². The number of nitrogens with zero attached hydrogens (tertiary/aromatic N) is 1. The highest BCUT2D eigenvalue weighted by atomic mass is 15.2. The summed E-state index contributed by atoms with van der Waals surface area (Å²) in [6.07, 6.45) is 2.89. The van der Waals surface area contributed by atoms with Gasteiger partial charge in [-0.15, -0.1) is 0 Å². The van der Waals surface area contributed by atoms with Crippen molar-refractivity contribution in [2.75, 3.05) is 24.5 Å². The van der Waals surface area contributed by atoms with E-state index in [1.165, 1.54) is 37.2 Å². The number of hydrogen-bond donors (Lipinski definition) is 1. The lowest BCUT2D eigenvalue weighted by molar-refractivity contribution is 0.387. The van der Waals surface area contributed by atoms with E-state index in [4.69, 9.17) is 5.73 Å². The van der Waals surface area contributed by atoms with E-state index < -0.39 is 0 Å².